The SMILES string of the molecule is C=C(C)CCOc1ccccc1[B-](F)(F)F. The summed E-state index contributed by atoms with van der Waals surface area (Å²) in [5, 5.41) is 0. The molecule has 1 nitrogen and oxygen atoms in total. The van der Waals surface area contributed by atoms with Gasteiger partial charge in [-0.1, -0.05) is 29.2 Å². The minimum Gasteiger partial charge on any atom is -0.496 e. The zero-order valence-corrected chi connectivity index (χ0v) is 9.05. The molecule has 1 rings (SSSR count). The Labute approximate surface area is 93.0 Å². The maximum absolute atomic E-state index is 12.6. The summed E-state index contributed by atoms with van der Waals surface area (Å²) in [6, 6.07) is 5.26. The largest absolute Gasteiger partial charge is 0.513 e. The van der Waals surface area contributed by atoms with Crippen LogP contribution in [-0.2, 0) is 0 Å². The summed E-state index contributed by atoms with van der Waals surface area (Å²) in [6.07, 6.45) is 0.555. The van der Waals surface area contributed by atoms with Crippen LogP contribution in [-0.4, -0.2) is 13.6 Å². The third kappa shape index (κ3) is 3.64. The highest BCUT2D eigenvalue weighted by Gasteiger charge is 2.28. The van der Waals surface area contributed by atoms with E-state index in [0.717, 1.165) is 11.6 Å². The van der Waals surface area contributed by atoms with E-state index in [1.807, 2.05) is 6.92 Å². The molecule has 0 fully saturated rings. The van der Waals surface area contributed by atoms with Crippen molar-refractivity contribution in [2.75, 3.05) is 6.61 Å². The molecule has 0 heterocycles. The first kappa shape index (κ1) is 12.7. The van der Waals surface area contributed by atoms with E-state index in [1.54, 1.807) is 0 Å². The van der Waals surface area contributed by atoms with E-state index in [0.29, 0.717) is 6.42 Å². The van der Waals surface area contributed by atoms with Gasteiger partial charge in [-0.25, -0.2) is 0 Å². The first-order valence-electron chi connectivity index (χ1n) is 4.97. The van der Waals surface area contributed by atoms with Gasteiger partial charge in [-0.15, -0.1) is 6.58 Å². The Kier molecular flexibility index (Phi) is 4.04. The van der Waals surface area contributed by atoms with Crippen LogP contribution in [0.5, 0.6) is 5.75 Å². The van der Waals surface area contributed by atoms with E-state index in [1.165, 1.54) is 18.2 Å². The topological polar surface area (TPSA) is 9.23 Å². The fourth-order valence-electron chi connectivity index (χ4n) is 1.22. The number of ether oxygens (including phenoxy) is 1. The number of benzene rings is 1. The lowest BCUT2D eigenvalue weighted by atomic mass is 9.79. The Morgan fingerprint density at radius 3 is 2.50 bits per heavy atom. The smallest absolute Gasteiger partial charge is 0.496 e. The summed E-state index contributed by atoms with van der Waals surface area (Å²) >= 11 is 0. The van der Waals surface area contributed by atoms with Crippen LogP contribution < -0.4 is 10.2 Å². The van der Waals surface area contributed by atoms with Gasteiger partial charge in [0, 0.05) is 6.42 Å². The Bertz CT molecular complexity index is 374. The van der Waals surface area contributed by atoms with Gasteiger partial charge < -0.3 is 17.7 Å². The lowest BCUT2D eigenvalue weighted by Crippen LogP contribution is -2.35. The summed E-state index contributed by atoms with van der Waals surface area (Å²) < 4.78 is 42.9. The first-order chi connectivity index (χ1) is 7.41. The minimum absolute atomic E-state index is 0.101. The van der Waals surface area contributed by atoms with Crippen LogP contribution in [0.1, 0.15) is 13.3 Å². The van der Waals surface area contributed by atoms with Crippen LogP contribution in [0.4, 0.5) is 12.9 Å². The van der Waals surface area contributed by atoms with E-state index in [9.17, 15) is 12.9 Å². The minimum atomic E-state index is -5.02. The molecule has 0 aliphatic carbocycles. The molecule has 0 saturated heterocycles. The molecular formula is C11H13BF3O-. The number of halogens is 3. The summed E-state index contributed by atoms with van der Waals surface area (Å²) in [5.74, 6) is -0.101. The molecule has 5 heteroatoms. The van der Waals surface area contributed by atoms with Gasteiger partial charge in [0.25, 0.3) is 0 Å². The lowest BCUT2D eigenvalue weighted by molar-refractivity contribution is 0.322. The number of rotatable bonds is 5. The number of hydrogen-bond acceptors (Lipinski definition) is 1. The summed E-state index contributed by atoms with van der Waals surface area (Å²) in [5.41, 5.74) is 0.208. The zero-order chi connectivity index (χ0) is 12.2. The van der Waals surface area contributed by atoms with Gasteiger partial charge in [-0.3, -0.25) is 0 Å². The lowest BCUT2D eigenvalue weighted by Gasteiger charge is -2.19. The van der Waals surface area contributed by atoms with E-state index in [2.05, 4.69) is 6.58 Å². The molecular weight excluding hydrogens is 216 g/mol. The summed E-state index contributed by atoms with van der Waals surface area (Å²) in [6.45, 7) is 0.671. The molecule has 1 aromatic carbocycles. The van der Waals surface area contributed by atoms with Crippen LogP contribution in [0.3, 0.4) is 0 Å². The Morgan fingerprint density at radius 1 is 1.31 bits per heavy atom. The van der Waals surface area contributed by atoms with Gasteiger partial charge in [0.1, 0.15) is 0 Å². The fraction of sp³-hybridized carbons (Fsp3) is 0.273. The molecule has 0 N–H and O–H groups in total. The van der Waals surface area contributed by atoms with Crippen LogP contribution in [0.25, 0.3) is 0 Å². The second-order valence-electron chi connectivity index (χ2n) is 3.67. The van der Waals surface area contributed by atoms with Crippen LogP contribution in [0, 0.1) is 0 Å². The van der Waals surface area contributed by atoms with Crippen molar-refractivity contribution in [3.63, 3.8) is 0 Å². The molecule has 0 radical (unpaired) electrons. The van der Waals surface area contributed by atoms with Crippen molar-refractivity contribution >= 4 is 12.4 Å². The van der Waals surface area contributed by atoms with Gasteiger partial charge in [0.2, 0.25) is 0 Å². The molecule has 16 heavy (non-hydrogen) atoms. The molecule has 0 unspecified atom stereocenters. The van der Waals surface area contributed by atoms with Crippen molar-refractivity contribution in [2.24, 2.45) is 0 Å². The van der Waals surface area contributed by atoms with E-state index >= 15 is 0 Å². The fourth-order valence-corrected chi connectivity index (χ4v) is 1.22. The van der Waals surface area contributed by atoms with Gasteiger partial charge in [0.05, 0.1) is 12.4 Å². The third-order valence-electron chi connectivity index (χ3n) is 2.06. The predicted octanol–water partition coefficient (Wildman–Crippen LogP) is 3.09. The maximum atomic E-state index is 12.6. The molecule has 1 aromatic rings. The van der Waals surface area contributed by atoms with Crippen molar-refractivity contribution < 1.29 is 17.7 Å². The van der Waals surface area contributed by atoms with Gasteiger partial charge in [-0.2, -0.15) is 0 Å². The quantitative estimate of drug-likeness (QED) is 0.556. The predicted molar refractivity (Wildman–Crippen MR) is 60.1 cm³/mol. The first-order valence-corrected chi connectivity index (χ1v) is 4.97. The monoisotopic (exact) mass is 229 g/mol. The standard InChI is InChI=1S/C11H13BF3O/c1-9(2)7-8-16-11-6-4-3-5-10(11)12(13,14)15/h3-6H,1,7-8H2,2H3/q-1. The molecule has 88 valence electrons. The molecule has 0 amide bonds. The summed E-state index contributed by atoms with van der Waals surface area (Å²) in [4.78, 5) is 0. The Hall–Kier alpha value is -1.39. The molecule has 0 aliphatic rings. The highest BCUT2D eigenvalue weighted by molar-refractivity contribution is 6.74. The maximum Gasteiger partial charge on any atom is 0.513 e. The highest BCUT2D eigenvalue weighted by Crippen LogP contribution is 2.17. The third-order valence-corrected chi connectivity index (χ3v) is 2.06. The normalized spacial score (nSPS) is 11.2. The summed E-state index contributed by atoms with van der Waals surface area (Å²) in [7, 11) is 0. The molecule has 0 atom stereocenters. The van der Waals surface area contributed by atoms with E-state index in [4.69, 9.17) is 4.74 Å². The van der Waals surface area contributed by atoms with Crippen LogP contribution in [0.2, 0.25) is 0 Å². The molecule has 0 aliphatic heterocycles. The van der Waals surface area contributed by atoms with Crippen molar-refractivity contribution in [2.45, 2.75) is 13.3 Å². The Morgan fingerprint density at radius 2 is 1.94 bits per heavy atom. The molecule has 0 saturated carbocycles. The van der Waals surface area contributed by atoms with Crippen molar-refractivity contribution in [3.05, 3.63) is 36.4 Å². The Balaban J connectivity index is 2.76. The molecule has 0 aromatic heterocycles. The van der Waals surface area contributed by atoms with E-state index < -0.39 is 12.4 Å². The van der Waals surface area contributed by atoms with Gasteiger partial charge >= 0.3 is 6.98 Å². The number of para-hydroxylation sites is 1. The zero-order valence-electron chi connectivity index (χ0n) is 9.05. The van der Waals surface area contributed by atoms with Gasteiger partial charge in [-0.05, 0) is 13.0 Å². The van der Waals surface area contributed by atoms with Crippen molar-refractivity contribution in [3.8, 4) is 5.75 Å². The van der Waals surface area contributed by atoms with Crippen molar-refractivity contribution in [1.82, 2.24) is 0 Å². The number of hydrogen-bond donors (Lipinski definition) is 0. The molecule has 0 spiro atoms. The highest BCUT2D eigenvalue weighted by atomic mass is 19.4. The van der Waals surface area contributed by atoms with Crippen molar-refractivity contribution in [1.29, 1.82) is 0 Å². The average Bonchev–Trinajstić information content (AvgIpc) is 2.16. The van der Waals surface area contributed by atoms with E-state index in [-0.39, 0.29) is 12.4 Å². The molecule has 0 bridgehead atoms. The van der Waals surface area contributed by atoms with Gasteiger partial charge in [0.15, 0.2) is 0 Å². The second kappa shape index (κ2) is 5.10. The van der Waals surface area contributed by atoms with Crippen LogP contribution in [0.15, 0.2) is 36.4 Å². The average molecular weight is 229 g/mol. The second-order valence-corrected chi connectivity index (χ2v) is 3.67. The van der Waals surface area contributed by atoms with Crippen LogP contribution >= 0.6 is 0 Å².